The van der Waals surface area contributed by atoms with Gasteiger partial charge in [-0.15, -0.1) is 0 Å². The van der Waals surface area contributed by atoms with Gasteiger partial charge in [-0.05, 0) is 38.1 Å². The van der Waals surface area contributed by atoms with Crippen LogP contribution in [0.15, 0.2) is 30.5 Å². The number of amides is 3. The number of anilines is 3. The van der Waals surface area contributed by atoms with Crippen LogP contribution >= 0.6 is 11.6 Å². The summed E-state index contributed by atoms with van der Waals surface area (Å²) in [5.74, 6) is -0.270. The number of fused-ring (bicyclic) bond motifs is 2. The van der Waals surface area contributed by atoms with E-state index in [0.29, 0.717) is 27.8 Å². The summed E-state index contributed by atoms with van der Waals surface area (Å²) in [6.45, 7) is 6.96. The first-order valence-electron chi connectivity index (χ1n) is 10.5. The monoisotopic (exact) mass is 427 g/mol. The van der Waals surface area contributed by atoms with E-state index in [1.54, 1.807) is 22.7 Å². The van der Waals surface area contributed by atoms with Crippen molar-refractivity contribution < 1.29 is 9.59 Å². The highest BCUT2D eigenvalue weighted by Gasteiger charge is 2.50. The normalized spacial score (nSPS) is 19.9. The second-order valence-electron chi connectivity index (χ2n) is 8.76. The molecule has 0 atom stereocenters. The van der Waals surface area contributed by atoms with E-state index in [2.05, 4.69) is 17.1 Å². The highest BCUT2D eigenvalue weighted by molar-refractivity contribution is 6.36. The molecular weight excluding hydrogens is 402 g/mol. The average molecular weight is 428 g/mol. The first kappa shape index (κ1) is 19.5. The van der Waals surface area contributed by atoms with Gasteiger partial charge in [-0.2, -0.15) is 0 Å². The summed E-state index contributed by atoms with van der Waals surface area (Å²) in [7, 11) is 1.77. The van der Waals surface area contributed by atoms with Crippen molar-refractivity contribution in [2.75, 3.05) is 42.9 Å². The Hall–Kier alpha value is -2.51. The van der Waals surface area contributed by atoms with Crippen molar-refractivity contribution in [3.05, 3.63) is 41.2 Å². The quantitative estimate of drug-likeness (QED) is 0.790. The van der Waals surface area contributed by atoms with Crippen LogP contribution in [0.2, 0.25) is 5.02 Å². The van der Waals surface area contributed by atoms with E-state index < -0.39 is 0 Å². The highest BCUT2D eigenvalue weighted by atomic mass is 35.5. The van der Waals surface area contributed by atoms with Crippen LogP contribution in [0.5, 0.6) is 0 Å². The summed E-state index contributed by atoms with van der Waals surface area (Å²) in [6.07, 6.45) is 3.96. The lowest BCUT2D eigenvalue weighted by Crippen LogP contribution is -2.61. The van der Waals surface area contributed by atoms with Crippen LogP contribution in [-0.2, 0) is 7.05 Å². The fourth-order valence-corrected chi connectivity index (χ4v) is 5.48. The molecule has 158 valence electrons. The van der Waals surface area contributed by atoms with Crippen LogP contribution in [-0.4, -0.2) is 59.0 Å². The first-order chi connectivity index (χ1) is 14.4. The zero-order valence-corrected chi connectivity index (χ0v) is 18.1. The van der Waals surface area contributed by atoms with Gasteiger partial charge >= 0.3 is 6.03 Å². The molecular formula is C22H26ClN5O2. The molecule has 3 aliphatic heterocycles. The van der Waals surface area contributed by atoms with E-state index in [4.69, 9.17) is 11.6 Å². The van der Waals surface area contributed by atoms with Crippen LogP contribution in [0.25, 0.3) is 0 Å². The molecule has 1 aromatic heterocycles. The van der Waals surface area contributed by atoms with Crippen LogP contribution in [0, 0.1) is 5.41 Å². The van der Waals surface area contributed by atoms with Gasteiger partial charge in [0.25, 0.3) is 5.91 Å². The maximum atomic E-state index is 13.7. The number of likely N-dealkylation sites (tertiary alicyclic amines) is 2. The number of aromatic nitrogens is 1. The maximum Gasteiger partial charge on any atom is 0.329 e. The maximum absolute atomic E-state index is 13.7. The molecule has 0 bridgehead atoms. The molecule has 3 amide bonds. The summed E-state index contributed by atoms with van der Waals surface area (Å²) < 4.78 is 1.68. The van der Waals surface area contributed by atoms with Gasteiger partial charge in [0, 0.05) is 38.3 Å². The minimum absolute atomic E-state index is 0.132. The highest BCUT2D eigenvalue weighted by Crippen LogP contribution is 2.46. The van der Waals surface area contributed by atoms with Crippen molar-refractivity contribution >= 4 is 40.6 Å². The number of hydrogen-bond donors (Lipinski definition) is 1. The molecule has 0 radical (unpaired) electrons. The van der Waals surface area contributed by atoms with E-state index in [1.165, 1.54) is 0 Å². The van der Waals surface area contributed by atoms with E-state index in [0.717, 1.165) is 45.6 Å². The van der Waals surface area contributed by atoms with Crippen LogP contribution in [0.4, 0.5) is 21.9 Å². The van der Waals surface area contributed by atoms with Crippen molar-refractivity contribution in [1.29, 1.82) is 0 Å². The molecule has 1 N–H and O–H groups in total. The Balaban J connectivity index is 1.48. The molecule has 0 saturated carbocycles. The number of halogens is 1. The Morgan fingerprint density at radius 3 is 2.77 bits per heavy atom. The number of nitrogens with one attached hydrogen (secondary N) is 1. The molecule has 2 saturated heterocycles. The zero-order valence-electron chi connectivity index (χ0n) is 17.3. The zero-order chi connectivity index (χ0) is 21.0. The SMILES string of the molecule is CCCN1CCC2(C1)CN(C(=O)N1c3ccccc3NC(=O)c3c1c(Cl)cn3C)C2. The molecule has 0 unspecified atom stereocenters. The number of nitrogens with zero attached hydrogens (tertiary/aromatic N) is 4. The lowest BCUT2D eigenvalue weighted by atomic mass is 9.79. The van der Waals surface area contributed by atoms with Gasteiger partial charge < -0.3 is 19.7 Å². The van der Waals surface area contributed by atoms with Crippen molar-refractivity contribution in [1.82, 2.24) is 14.4 Å². The molecule has 30 heavy (non-hydrogen) atoms. The summed E-state index contributed by atoms with van der Waals surface area (Å²) in [5, 5.41) is 3.31. The fourth-order valence-electron chi connectivity index (χ4n) is 5.16. The van der Waals surface area contributed by atoms with Gasteiger partial charge in [0.15, 0.2) is 0 Å². The van der Waals surface area contributed by atoms with E-state index in [1.807, 2.05) is 29.2 Å². The Bertz CT molecular complexity index is 1030. The molecule has 5 rings (SSSR count). The molecule has 1 spiro atoms. The summed E-state index contributed by atoms with van der Waals surface area (Å²) in [6, 6.07) is 7.24. The number of aryl methyl sites for hydroxylation is 1. The summed E-state index contributed by atoms with van der Waals surface area (Å²) in [5.41, 5.74) is 2.28. The number of carbonyl (C=O) groups is 2. The Labute approximate surface area is 181 Å². The number of benzene rings is 1. The molecule has 8 heteroatoms. The average Bonchev–Trinajstić information content (AvgIpc) is 3.19. The van der Waals surface area contributed by atoms with Crippen molar-refractivity contribution in [2.45, 2.75) is 19.8 Å². The number of carbonyl (C=O) groups excluding carboxylic acids is 2. The Morgan fingerprint density at radius 1 is 1.23 bits per heavy atom. The minimum atomic E-state index is -0.270. The Morgan fingerprint density at radius 2 is 2.00 bits per heavy atom. The molecule has 3 aliphatic rings. The van der Waals surface area contributed by atoms with Crippen LogP contribution in [0.3, 0.4) is 0 Å². The van der Waals surface area contributed by atoms with Gasteiger partial charge in [-0.25, -0.2) is 4.79 Å². The van der Waals surface area contributed by atoms with Gasteiger partial charge in [0.05, 0.1) is 16.4 Å². The van der Waals surface area contributed by atoms with Gasteiger partial charge in [0.2, 0.25) is 0 Å². The third-order valence-electron chi connectivity index (χ3n) is 6.51. The van der Waals surface area contributed by atoms with E-state index >= 15 is 0 Å². The third kappa shape index (κ3) is 2.91. The molecule has 1 aromatic carbocycles. The number of hydrogen-bond acceptors (Lipinski definition) is 3. The predicted molar refractivity (Wildman–Crippen MR) is 118 cm³/mol. The summed E-state index contributed by atoms with van der Waals surface area (Å²) in [4.78, 5) is 32.6. The third-order valence-corrected chi connectivity index (χ3v) is 6.79. The lowest BCUT2D eigenvalue weighted by Gasteiger charge is -2.49. The van der Waals surface area contributed by atoms with Crippen LogP contribution in [0.1, 0.15) is 30.3 Å². The predicted octanol–water partition coefficient (Wildman–Crippen LogP) is 3.92. The second kappa shape index (κ2) is 7.03. The van der Waals surface area contributed by atoms with E-state index in [9.17, 15) is 9.59 Å². The van der Waals surface area contributed by atoms with Gasteiger partial charge in [0.1, 0.15) is 11.4 Å². The Kier molecular flexibility index (Phi) is 4.56. The number of rotatable bonds is 2. The standard InChI is InChI=1S/C22H26ClN5O2/c1-3-9-26-10-8-22(12-26)13-27(14-22)21(30)28-17-7-5-4-6-16(17)24-20(29)19-18(28)15(23)11-25(19)2/h4-7,11H,3,8-10,12-14H2,1-2H3,(H,24,29). The molecule has 4 heterocycles. The van der Waals surface area contributed by atoms with Crippen molar-refractivity contribution in [3.8, 4) is 0 Å². The smallest absolute Gasteiger partial charge is 0.329 e. The fraction of sp³-hybridized carbons (Fsp3) is 0.455. The largest absolute Gasteiger partial charge is 0.343 e. The molecule has 2 fully saturated rings. The van der Waals surface area contributed by atoms with E-state index in [-0.39, 0.29) is 17.4 Å². The number of para-hydroxylation sites is 2. The second-order valence-corrected chi connectivity index (χ2v) is 9.16. The van der Waals surface area contributed by atoms with Crippen molar-refractivity contribution in [2.24, 2.45) is 12.5 Å². The summed E-state index contributed by atoms with van der Waals surface area (Å²) >= 11 is 6.53. The van der Waals surface area contributed by atoms with Crippen LogP contribution < -0.4 is 10.2 Å². The minimum Gasteiger partial charge on any atom is -0.343 e. The molecule has 7 nitrogen and oxygen atoms in total. The molecule has 0 aliphatic carbocycles. The first-order valence-corrected chi connectivity index (χ1v) is 10.9. The molecule has 2 aromatic rings. The van der Waals surface area contributed by atoms with Gasteiger partial charge in [-0.1, -0.05) is 30.7 Å². The van der Waals surface area contributed by atoms with Crippen molar-refractivity contribution in [3.63, 3.8) is 0 Å². The lowest BCUT2D eigenvalue weighted by molar-refractivity contribution is 0.0425. The number of urea groups is 1. The van der Waals surface area contributed by atoms with Gasteiger partial charge in [-0.3, -0.25) is 9.69 Å². The topological polar surface area (TPSA) is 60.8 Å².